The van der Waals surface area contributed by atoms with Gasteiger partial charge in [0, 0.05) is 24.4 Å². The normalized spacial score (nSPS) is 10.5. The van der Waals surface area contributed by atoms with Crippen molar-refractivity contribution < 1.29 is 9.66 Å². The van der Waals surface area contributed by atoms with Crippen LogP contribution < -0.4 is 10.1 Å². The van der Waals surface area contributed by atoms with Crippen molar-refractivity contribution in [1.82, 2.24) is 0 Å². The minimum Gasteiger partial charge on any atom is -0.488 e. The molecule has 28 heavy (non-hydrogen) atoms. The van der Waals surface area contributed by atoms with Crippen LogP contribution >= 0.6 is 39.1 Å². The molecule has 144 valence electrons. The smallest absolute Gasteiger partial charge is 0.269 e. The molecule has 0 fully saturated rings. The monoisotopic (exact) mass is 480 g/mol. The second-order valence-electron chi connectivity index (χ2n) is 5.96. The first kappa shape index (κ1) is 20.5. The molecule has 0 saturated heterocycles. The van der Waals surface area contributed by atoms with Gasteiger partial charge >= 0.3 is 0 Å². The molecule has 8 heteroatoms. The zero-order valence-electron chi connectivity index (χ0n) is 14.5. The predicted molar refractivity (Wildman–Crippen MR) is 115 cm³/mol. The minimum absolute atomic E-state index is 0.0590. The quantitative estimate of drug-likeness (QED) is 0.296. The highest BCUT2D eigenvalue weighted by Crippen LogP contribution is 2.28. The van der Waals surface area contributed by atoms with Crippen LogP contribution in [0.2, 0.25) is 10.0 Å². The maximum atomic E-state index is 10.7. The fourth-order valence-electron chi connectivity index (χ4n) is 2.46. The first-order chi connectivity index (χ1) is 13.4. The zero-order chi connectivity index (χ0) is 20.1. The Balaban J connectivity index is 1.58. The molecule has 0 unspecified atom stereocenters. The largest absolute Gasteiger partial charge is 0.488 e. The van der Waals surface area contributed by atoms with E-state index in [1.54, 1.807) is 24.3 Å². The molecule has 5 nitrogen and oxygen atoms in total. The highest BCUT2D eigenvalue weighted by molar-refractivity contribution is 9.10. The molecule has 3 rings (SSSR count). The maximum Gasteiger partial charge on any atom is 0.269 e. The number of halogens is 3. The molecule has 0 aliphatic rings. The van der Waals surface area contributed by atoms with E-state index in [2.05, 4.69) is 21.2 Å². The highest BCUT2D eigenvalue weighted by atomic mass is 79.9. The van der Waals surface area contributed by atoms with Crippen LogP contribution in [0.1, 0.15) is 11.1 Å². The van der Waals surface area contributed by atoms with Gasteiger partial charge in [0.25, 0.3) is 5.69 Å². The van der Waals surface area contributed by atoms with E-state index in [4.69, 9.17) is 27.9 Å². The molecule has 0 spiro atoms. The summed E-state index contributed by atoms with van der Waals surface area (Å²) in [6.07, 6.45) is 0. The van der Waals surface area contributed by atoms with E-state index in [1.807, 2.05) is 24.3 Å². The van der Waals surface area contributed by atoms with Crippen LogP contribution in [-0.2, 0) is 13.2 Å². The number of nitrogens with zero attached hydrogens (tertiary/aromatic N) is 1. The van der Waals surface area contributed by atoms with Gasteiger partial charge in [-0.05, 0) is 69.5 Å². The molecule has 0 aromatic heterocycles. The fraction of sp³-hybridized carbons (Fsp3) is 0.100. The zero-order valence-corrected chi connectivity index (χ0v) is 17.6. The number of nitro groups is 1. The minimum atomic E-state index is -0.425. The Morgan fingerprint density at radius 1 is 0.964 bits per heavy atom. The molecule has 0 aliphatic heterocycles. The standard InChI is InChI=1S/C20H15BrCl2N2O3/c21-17-9-14(11-24-15-4-7-18(22)19(23)10-15)3-8-20(17)28-12-13-1-5-16(6-2-13)25(26)27/h1-10,24H,11-12H2. The van der Waals surface area contributed by atoms with Crippen LogP contribution in [0.5, 0.6) is 5.75 Å². The molecule has 0 amide bonds. The Kier molecular flexibility index (Phi) is 6.78. The summed E-state index contributed by atoms with van der Waals surface area (Å²) >= 11 is 15.5. The summed E-state index contributed by atoms with van der Waals surface area (Å²) in [6.45, 7) is 0.927. The molecule has 0 bridgehead atoms. The Bertz CT molecular complexity index is 997. The number of hydrogen-bond donors (Lipinski definition) is 1. The van der Waals surface area contributed by atoms with Crippen molar-refractivity contribution in [3.05, 3.63) is 96.4 Å². The number of benzene rings is 3. The lowest BCUT2D eigenvalue weighted by Gasteiger charge is -2.11. The van der Waals surface area contributed by atoms with Crippen molar-refractivity contribution in [2.75, 3.05) is 5.32 Å². The first-order valence-corrected chi connectivity index (χ1v) is 9.81. The topological polar surface area (TPSA) is 64.4 Å². The van der Waals surface area contributed by atoms with Gasteiger partial charge in [0.15, 0.2) is 0 Å². The van der Waals surface area contributed by atoms with Crippen molar-refractivity contribution in [3.63, 3.8) is 0 Å². The number of nitrogens with one attached hydrogen (secondary N) is 1. The van der Waals surface area contributed by atoms with E-state index in [-0.39, 0.29) is 5.69 Å². The van der Waals surface area contributed by atoms with E-state index < -0.39 is 4.92 Å². The number of rotatable bonds is 7. The van der Waals surface area contributed by atoms with Crippen molar-refractivity contribution in [2.45, 2.75) is 13.2 Å². The van der Waals surface area contributed by atoms with Gasteiger partial charge in [-0.1, -0.05) is 29.3 Å². The number of ether oxygens (including phenoxy) is 1. The predicted octanol–water partition coefficient (Wildman–Crippen LogP) is 6.86. The summed E-state index contributed by atoms with van der Waals surface area (Å²) in [7, 11) is 0. The van der Waals surface area contributed by atoms with Crippen LogP contribution in [0.3, 0.4) is 0 Å². The Labute approximate surface area is 180 Å². The second kappa shape index (κ2) is 9.28. The van der Waals surface area contributed by atoms with Crippen molar-refractivity contribution >= 4 is 50.5 Å². The van der Waals surface area contributed by atoms with Gasteiger partial charge < -0.3 is 10.1 Å². The highest BCUT2D eigenvalue weighted by Gasteiger charge is 2.07. The van der Waals surface area contributed by atoms with E-state index in [1.165, 1.54) is 12.1 Å². The number of anilines is 1. The van der Waals surface area contributed by atoms with Crippen LogP contribution in [0.15, 0.2) is 65.1 Å². The molecule has 0 atom stereocenters. The summed E-state index contributed by atoms with van der Waals surface area (Å²) in [5.41, 5.74) is 2.84. The van der Waals surface area contributed by atoms with E-state index in [0.717, 1.165) is 21.3 Å². The van der Waals surface area contributed by atoms with Gasteiger partial charge in [-0.3, -0.25) is 10.1 Å². The van der Waals surface area contributed by atoms with Gasteiger partial charge in [-0.15, -0.1) is 0 Å². The third-order valence-corrected chi connectivity index (χ3v) is 5.31. The van der Waals surface area contributed by atoms with Gasteiger partial charge in [-0.2, -0.15) is 0 Å². The van der Waals surface area contributed by atoms with Crippen LogP contribution in [0, 0.1) is 10.1 Å². The number of nitro benzene ring substituents is 1. The van der Waals surface area contributed by atoms with Crippen molar-refractivity contribution in [3.8, 4) is 5.75 Å². The van der Waals surface area contributed by atoms with Gasteiger partial charge in [-0.25, -0.2) is 0 Å². The van der Waals surface area contributed by atoms with Crippen LogP contribution in [-0.4, -0.2) is 4.92 Å². The molecule has 3 aromatic rings. The summed E-state index contributed by atoms with van der Waals surface area (Å²) < 4.78 is 6.62. The Morgan fingerprint density at radius 3 is 2.32 bits per heavy atom. The number of non-ortho nitro benzene ring substituents is 1. The molecule has 1 N–H and O–H groups in total. The van der Waals surface area contributed by atoms with E-state index in [0.29, 0.717) is 28.9 Å². The summed E-state index contributed by atoms with van der Waals surface area (Å²) in [5, 5.41) is 15.0. The van der Waals surface area contributed by atoms with Crippen molar-refractivity contribution in [2.24, 2.45) is 0 Å². The SMILES string of the molecule is O=[N+]([O-])c1ccc(COc2ccc(CNc3ccc(Cl)c(Cl)c3)cc2Br)cc1. The second-order valence-corrected chi connectivity index (χ2v) is 7.63. The third-order valence-electron chi connectivity index (χ3n) is 3.95. The van der Waals surface area contributed by atoms with E-state index in [9.17, 15) is 10.1 Å². The molecule has 3 aromatic carbocycles. The molecular formula is C20H15BrCl2N2O3. The lowest BCUT2D eigenvalue weighted by atomic mass is 10.2. The lowest BCUT2D eigenvalue weighted by Crippen LogP contribution is -2.01. The molecular weight excluding hydrogens is 467 g/mol. The maximum absolute atomic E-state index is 10.7. The molecule has 0 radical (unpaired) electrons. The molecule has 0 saturated carbocycles. The van der Waals surface area contributed by atoms with Crippen molar-refractivity contribution in [1.29, 1.82) is 0 Å². The summed E-state index contributed by atoms with van der Waals surface area (Å²) in [4.78, 5) is 10.3. The average molecular weight is 482 g/mol. The third kappa shape index (κ3) is 5.38. The molecule has 0 aliphatic carbocycles. The number of hydrogen-bond acceptors (Lipinski definition) is 4. The Morgan fingerprint density at radius 2 is 1.68 bits per heavy atom. The summed E-state index contributed by atoms with van der Waals surface area (Å²) in [6, 6.07) is 17.5. The van der Waals surface area contributed by atoms with Gasteiger partial charge in [0.05, 0.1) is 19.4 Å². The lowest BCUT2D eigenvalue weighted by molar-refractivity contribution is -0.384. The van der Waals surface area contributed by atoms with Crippen LogP contribution in [0.4, 0.5) is 11.4 Å². The van der Waals surface area contributed by atoms with Gasteiger partial charge in [0.2, 0.25) is 0 Å². The Hall–Kier alpha value is -2.28. The van der Waals surface area contributed by atoms with E-state index >= 15 is 0 Å². The summed E-state index contributed by atoms with van der Waals surface area (Å²) in [5.74, 6) is 0.691. The van der Waals surface area contributed by atoms with Gasteiger partial charge in [0.1, 0.15) is 12.4 Å². The molecule has 0 heterocycles. The average Bonchev–Trinajstić information content (AvgIpc) is 2.68. The fourth-order valence-corrected chi connectivity index (χ4v) is 3.30. The first-order valence-electron chi connectivity index (χ1n) is 8.26. The van der Waals surface area contributed by atoms with Crippen LogP contribution in [0.25, 0.3) is 0 Å².